The van der Waals surface area contributed by atoms with Gasteiger partial charge in [-0.25, -0.2) is 0 Å². The molecule has 6 aliphatic rings. The molecule has 0 aromatic heterocycles. The molecule has 4 heteroatoms. The zero-order valence-electron chi connectivity index (χ0n) is 23.6. The Morgan fingerprint density at radius 1 is 1.03 bits per heavy atom. The second-order valence-corrected chi connectivity index (χ2v) is 15.7. The monoisotopic (exact) mass is 484 g/mol. The highest BCUT2D eigenvalue weighted by Gasteiger charge is 2.85. The molecule has 197 valence electrons. The van der Waals surface area contributed by atoms with Gasteiger partial charge in [0.1, 0.15) is 12.2 Å². The Hall–Kier alpha value is -0.160. The van der Waals surface area contributed by atoms with Crippen LogP contribution in [-0.4, -0.2) is 34.5 Å². The number of rotatable bonds is 2. The summed E-state index contributed by atoms with van der Waals surface area (Å²) in [5.74, 6) is 3.09. The van der Waals surface area contributed by atoms with Gasteiger partial charge in [-0.15, -0.1) is 0 Å². The Morgan fingerprint density at radius 2 is 1.74 bits per heavy atom. The fourth-order valence-corrected chi connectivity index (χ4v) is 11.0. The second-order valence-electron chi connectivity index (χ2n) is 15.7. The van der Waals surface area contributed by atoms with Gasteiger partial charge >= 0.3 is 0 Å². The Labute approximate surface area is 214 Å². The standard InChI is InChI=1S/C31H50NO3/c1-18-15-19(16-32-26(2,3)4)35-24-23(18)28(7)13-14-31-17-30(31)12-11-22(33)27(5,6)20(30)9-10-21(31)29(28,8)25(24)34/h18,20,22-23,25,32-34H,9-17H2,1-8H3/t18-,20+,22?,23+,25+,28-,29-,30-,31+/m1/s1. The molecule has 1 aliphatic heterocycles. The number of aliphatic hydroxyl groups is 2. The summed E-state index contributed by atoms with van der Waals surface area (Å²) < 4.78 is 6.66. The molecule has 2 spiro atoms. The topological polar surface area (TPSA) is 61.7 Å². The van der Waals surface area contributed by atoms with Crippen LogP contribution in [0.25, 0.3) is 0 Å². The van der Waals surface area contributed by atoms with Gasteiger partial charge in [0.2, 0.25) is 0 Å². The molecule has 9 atom stereocenters. The minimum Gasteiger partial charge on any atom is -0.393 e. The van der Waals surface area contributed by atoms with Gasteiger partial charge in [0.15, 0.2) is 0 Å². The van der Waals surface area contributed by atoms with E-state index in [1.54, 1.807) is 5.92 Å². The van der Waals surface area contributed by atoms with Gasteiger partial charge in [-0.1, -0.05) is 34.6 Å². The Morgan fingerprint density at radius 3 is 2.43 bits per heavy atom. The van der Waals surface area contributed by atoms with Gasteiger partial charge in [-0.2, -0.15) is 0 Å². The molecular weight excluding hydrogens is 434 g/mol. The van der Waals surface area contributed by atoms with Crippen molar-refractivity contribution in [2.75, 3.05) is 6.54 Å². The van der Waals surface area contributed by atoms with Crippen LogP contribution >= 0.6 is 0 Å². The maximum Gasteiger partial charge on any atom is 0.131 e. The molecule has 6 rings (SSSR count). The first-order chi connectivity index (χ1) is 16.1. The van der Waals surface area contributed by atoms with E-state index in [9.17, 15) is 10.2 Å². The lowest BCUT2D eigenvalue weighted by atomic mass is 9.41. The van der Waals surface area contributed by atoms with Gasteiger partial charge in [-0.3, -0.25) is 0 Å². The Bertz CT molecular complexity index is 881. The highest BCUT2D eigenvalue weighted by atomic mass is 16.5. The lowest BCUT2D eigenvalue weighted by Gasteiger charge is -2.63. The van der Waals surface area contributed by atoms with E-state index in [1.165, 1.54) is 25.7 Å². The van der Waals surface area contributed by atoms with Crippen molar-refractivity contribution in [1.82, 2.24) is 5.32 Å². The van der Waals surface area contributed by atoms with E-state index in [0.717, 1.165) is 44.4 Å². The van der Waals surface area contributed by atoms with E-state index in [0.29, 0.717) is 23.2 Å². The van der Waals surface area contributed by atoms with Gasteiger partial charge in [0.25, 0.3) is 0 Å². The highest BCUT2D eigenvalue weighted by molar-refractivity contribution is 5.44. The van der Waals surface area contributed by atoms with E-state index >= 15 is 0 Å². The van der Waals surface area contributed by atoms with Crippen molar-refractivity contribution in [3.05, 3.63) is 18.1 Å². The molecule has 1 unspecified atom stereocenters. The van der Waals surface area contributed by atoms with Crippen molar-refractivity contribution in [3.8, 4) is 0 Å². The van der Waals surface area contributed by atoms with Crippen molar-refractivity contribution in [2.24, 2.45) is 44.8 Å². The predicted octanol–water partition coefficient (Wildman–Crippen LogP) is 5.83. The first-order valence-corrected chi connectivity index (χ1v) is 14.5. The van der Waals surface area contributed by atoms with Gasteiger partial charge in [0.05, 0.1) is 12.2 Å². The van der Waals surface area contributed by atoms with Crippen LogP contribution in [0.2, 0.25) is 0 Å². The minimum atomic E-state index is -0.520. The van der Waals surface area contributed by atoms with Gasteiger partial charge < -0.3 is 20.3 Å². The average molecular weight is 485 g/mol. The fourth-order valence-electron chi connectivity index (χ4n) is 11.0. The third kappa shape index (κ3) is 2.95. The summed E-state index contributed by atoms with van der Waals surface area (Å²) in [5.41, 5.74) is 0.496. The van der Waals surface area contributed by atoms with Gasteiger partial charge in [0, 0.05) is 23.4 Å². The number of fused-ring (bicyclic) bond motifs is 4. The molecule has 35 heavy (non-hydrogen) atoms. The van der Waals surface area contributed by atoms with Crippen molar-refractivity contribution in [3.63, 3.8) is 0 Å². The first kappa shape index (κ1) is 25.1. The maximum atomic E-state index is 12.2. The SMILES string of the molecule is C[C@@H]1C[C](CNC(C)(C)C)O[C]2[C@H]1[C@@]1(C)CC[C@@]34C[C@@]35CCC(O)C(C)(C)[C@@H]5CC[C]4[C@]1(C)[C@H]2O. The molecule has 1 heterocycles. The summed E-state index contributed by atoms with van der Waals surface area (Å²) in [6, 6.07) is 0. The second kappa shape index (κ2) is 7.27. The fraction of sp³-hybridized carbons (Fsp3) is 0.903. The molecule has 5 aliphatic carbocycles. The molecule has 3 N–H and O–H groups in total. The van der Waals surface area contributed by atoms with E-state index in [-0.39, 0.29) is 33.3 Å². The first-order valence-electron chi connectivity index (χ1n) is 14.5. The summed E-state index contributed by atoms with van der Waals surface area (Å²) >= 11 is 0. The molecule has 1 saturated heterocycles. The lowest BCUT2D eigenvalue weighted by Crippen LogP contribution is -2.58. The van der Waals surface area contributed by atoms with Crippen molar-refractivity contribution in [1.29, 1.82) is 0 Å². The third-order valence-electron chi connectivity index (χ3n) is 12.9. The minimum absolute atomic E-state index is 0.00644. The van der Waals surface area contributed by atoms with Crippen LogP contribution in [0.1, 0.15) is 107 Å². The molecular formula is C31H50NO3. The van der Waals surface area contributed by atoms with Crippen molar-refractivity contribution >= 4 is 0 Å². The van der Waals surface area contributed by atoms with Crippen molar-refractivity contribution in [2.45, 2.75) is 125 Å². The zero-order valence-corrected chi connectivity index (χ0v) is 23.6. The normalized spacial score (nSPS) is 53.8. The third-order valence-corrected chi connectivity index (χ3v) is 12.9. The van der Waals surface area contributed by atoms with Crippen LogP contribution in [0, 0.1) is 63.0 Å². The highest BCUT2D eigenvalue weighted by Crippen LogP contribution is 2.90. The summed E-state index contributed by atoms with van der Waals surface area (Å²) in [6.07, 6.45) is 10.5. The molecule has 3 radical (unpaired) electrons. The van der Waals surface area contributed by atoms with Crippen LogP contribution in [0.3, 0.4) is 0 Å². The molecule has 4 nitrogen and oxygen atoms in total. The largest absolute Gasteiger partial charge is 0.393 e. The predicted molar refractivity (Wildman–Crippen MR) is 139 cm³/mol. The smallest absolute Gasteiger partial charge is 0.131 e. The molecule has 0 amide bonds. The molecule has 6 fully saturated rings. The number of nitrogens with one attached hydrogen (secondary N) is 1. The Kier molecular flexibility index (Phi) is 5.22. The summed E-state index contributed by atoms with van der Waals surface area (Å²) in [4.78, 5) is 0. The molecule has 0 bridgehead atoms. The van der Waals surface area contributed by atoms with Crippen LogP contribution < -0.4 is 5.32 Å². The van der Waals surface area contributed by atoms with E-state index < -0.39 is 6.10 Å². The summed E-state index contributed by atoms with van der Waals surface area (Å²) in [6.45, 7) is 19.3. The molecule has 5 saturated carbocycles. The lowest BCUT2D eigenvalue weighted by molar-refractivity contribution is -0.125. The Balaban J connectivity index is 1.32. The van der Waals surface area contributed by atoms with E-state index in [4.69, 9.17) is 4.74 Å². The molecule has 0 aromatic rings. The van der Waals surface area contributed by atoms with E-state index in [1.807, 2.05) is 0 Å². The van der Waals surface area contributed by atoms with Crippen LogP contribution in [0.15, 0.2) is 0 Å². The zero-order chi connectivity index (χ0) is 25.4. The summed E-state index contributed by atoms with van der Waals surface area (Å²) in [5, 5.41) is 26.7. The molecule has 0 aromatic carbocycles. The van der Waals surface area contributed by atoms with Crippen LogP contribution in [0.5, 0.6) is 0 Å². The number of aliphatic hydroxyl groups excluding tert-OH is 2. The van der Waals surface area contributed by atoms with Crippen molar-refractivity contribution < 1.29 is 14.9 Å². The van der Waals surface area contributed by atoms with Crippen LogP contribution in [-0.2, 0) is 4.74 Å². The number of ether oxygens (including phenoxy) is 1. The average Bonchev–Trinajstić information content (AvgIpc) is 3.40. The summed E-state index contributed by atoms with van der Waals surface area (Å²) in [7, 11) is 0. The number of hydrogen-bond donors (Lipinski definition) is 3. The van der Waals surface area contributed by atoms with E-state index in [2.05, 4.69) is 60.7 Å². The maximum absolute atomic E-state index is 12.2. The number of hydrogen-bond acceptors (Lipinski definition) is 4. The quantitative estimate of drug-likeness (QED) is 0.461. The van der Waals surface area contributed by atoms with Crippen LogP contribution in [0.4, 0.5) is 0 Å². The van der Waals surface area contributed by atoms with Gasteiger partial charge in [-0.05, 0) is 112 Å².